The van der Waals surface area contributed by atoms with E-state index in [1.54, 1.807) is 25.2 Å². The first-order valence-electron chi connectivity index (χ1n) is 4.69. The van der Waals surface area contributed by atoms with Crippen LogP contribution in [0.4, 0.5) is 5.69 Å². The van der Waals surface area contributed by atoms with Gasteiger partial charge in [-0.05, 0) is 32.0 Å². The Morgan fingerprint density at radius 3 is 2.40 bits per heavy atom. The fourth-order valence-electron chi connectivity index (χ4n) is 1.12. The lowest BCUT2D eigenvalue weighted by atomic mass is 10.3. The van der Waals surface area contributed by atoms with Gasteiger partial charge in [0.1, 0.15) is 0 Å². The molecule has 15 heavy (non-hydrogen) atoms. The number of benzene rings is 1. The molecule has 5 heteroatoms. The number of sulfonamides is 1. The Balaban J connectivity index is 3.17. The predicted molar refractivity (Wildman–Crippen MR) is 60.9 cm³/mol. The molecule has 0 heterocycles. The van der Waals surface area contributed by atoms with E-state index in [-0.39, 0.29) is 10.9 Å². The van der Waals surface area contributed by atoms with E-state index in [0.717, 1.165) is 0 Å². The summed E-state index contributed by atoms with van der Waals surface area (Å²) in [5.74, 6) is 0. The van der Waals surface area contributed by atoms with E-state index in [0.29, 0.717) is 5.69 Å². The summed E-state index contributed by atoms with van der Waals surface area (Å²) < 4.78 is 25.3. The van der Waals surface area contributed by atoms with Gasteiger partial charge in [0.05, 0.1) is 4.90 Å². The van der Waals surface area contributed by atoms with Gasteiger partial charge in [-0.2, -0.15) is 4.31 Å². The zero-order valence-electron chi connectivity index (χ0n) is 9.14. The summed E-state index contributed by atoms with van der Waals surface area (Å²) in [5, 5.41) is 0. The van der Waals surface area contributed by atoms with Crippen molar-refractivity contribution in [1.82, 2.24) is 4.31 Å². The average molecular weight is 228 g/mol. The summed E-state index contributed by atoms with van der Waals surface area (Å²) in [4.78, 5) is 0.235. The van der Waals surface area contributed by atoms with Gasteiger partial charge in [0.25, 0.3) is 0 Å². The van der Waals surface area contributed by atoms with Crippen LogP contribution in [-0.4, -0.2) is 25.8 Å². The molecule has 1 rings (SSSR count). The van der Waals surface area contributed by atoms with Crippen molar-refractivity contribution in [3.05, 3.63) is 24.3 Å². The van der Waals surface area contributed by atoms with Gasteiger partial charge in [0, 0.05) is 18.8 Å². The van der Waals surface area contributed by atoms with Gasteiger partial charge in [0.2, 0.25) is 10.0 Å². The minimum Gasteiger partial charge on any atom is -0.399 e. The highest BCUT2D eigenvalue weighted by Crippen LogP contribution is 2.18. The fourth-order valence-corrected chi connectivity index (χ4v) is 2.54. The van der Waals surface area contributed by atoms with E-state index in [2.05, 4.69) is 0 Å². The Labute approximate surface area is 90.8 Å². The minimum absolute atomic E-state index is 0.0727. The van der Waals surface area contributed by atoms with E-state index < -0.39 is 10.0 Å². The van der Waals surface area contributed by atoms with E-state index in [1.807, 2.05) is 13.8 Å². The van der Waals surface area contributed by atoms with Crippen molar-refractivity contribution in [2.45, 2.75) is 24.8 Å². The summed E-state index contributed by atoms with van der Waals surface area (Å²) in [6.45, 7) is 3.65. The highest BCUT2D eigenvalue weighted by Gasteiger charge is 2.22. The molecule has 0 aromatic heterocycles. The molecule has 0 bridgehead atoms. The molecule has 0 aliphatic rings. The Morgan fingerprint density at radius 2 is 1.93 bits per heavy atom. The van der Waals surface area contributed by atoms with Crippen molar-refractivity contribution in [2.24, 2.45) is 0 Å². The summed E-state index contributed by atoms with van der Waals surface area (Å²) in [6, 6.07) is 6.24. The van der Waals surface area contributed by atoms with Gasteiger partial charge >= 0.3 is 0 Å². The topological polar surface area (TPSA) is 63.4 Å². The number of nitrogen functional groups attached to an aromatic ring is 1. The molecule has 1 aromatic carbocycles. The monoisotopic (exact) mass is 228 g/mol. The molecule has 4 nitrogen and oxygen atoms in total. The molecule has 0 atom stereocenters. The minimum atomic E-state index is -3.41. The van der Waals surface area contributed by atoms with Crippen LogP contribution >= 0.6 is 0 Å². The first-order valence-corrected chi connectivity index (χ1v) is 6.13. The van der Waals surface area contributed by atoms with Gasteiger partial charge in [-0.25, -0.2) is 8.42 Å². The Kier molecular flexibility index (Phi) is 3.36. The van der Waals surface area contributed by atoms with E-state index in [9.17, 15) is 8.42 Å². The van der Waals surface area contributed by atoms with Crippen LogP contribution in [0.1, 0.15) is 13.8 Å². The van der Waals surface area contributed by atoms with Crippen molar-refractivity contribution < 1.29 is 8.42 Å². The smallest absolute Gasteiger partial charge is 0.243 e. The zero-order valence-corrected chi connectivity index (χ0v) is 9.95. The second-order valence-corrected chi connectivity index (χ2v) is 5.68. The van der Waals surface area contributed by atoms with E-state index in [1.165, 1.54) is 10.4 Å². The molecular formula is C10H16N2O2S. The number of hydrogen-bond acceptors (Lipinski definition) is 3. The maximum atomic E-state index is 12.0. The molecule has 1 aromatic rings. The second-order valence-electron chi connectivity index (χ2n) is 3.69. The lowest BCUT2D eigenvalue weighted by Crippen LogP contribution is -2.33. The highest BCUT2D eigenvalue weighted by atomic mass is 32.2. The van der Waals surface area contributed by atoms with Crippen LogP contribution in [0.2, 0.25) is 0 Å². The van der Waals surface area contributed by atoms with Crippen LogP contribution in [-0.2, 0) is 10.0 Å². The highest BCUT2D eigenvalue weighted by molar-refractivity contribution is 7.89. The van der Waals surface area contributed by atoms with E-state index >= 15 is 0 Å². The normalized spacial score (nSPS) is 12.3. The van der Waals surface area contributed by atoms with Crippen LogP contribution in [0, 0.1) is 0 Å². The van der Waals surface area contributed by atoms with Gasteiger partial charge in [-0.15, -0.1) is 0 Å². The third-order valence-corrected chi connectivity index (χ3v) is 4.29. The summed E-state index contributed by atoms with van der Waals surface area (Å²) in [7, 11) is -1.85. The molecule has 0 unspecified atom stereocenters. The van der Waals surface area contributed by atoms with Crippen molar-refractivity contribution in [2.75, 3.05) is 12.8 Å². The molecule has 0 aliphatic carbocycles. The maximum Gasteiger partial charge on any atom is 0.243 e. The first kappa shape index (κ1) is 12.0. The molecule has 0 radical (unpaired) electrons. The number of nitrogens with two attached hydrogens (primary N) is 1. The Morgan fingerprint density at radius 1 is 1.33 bits per heavy atom. The average Bonchev–Trinajstić information content (AvgIpc) is 2.16. The van der Waals surface area contributed by atoms with Crippen LogP contribution < -0.4 is 5.73 Å². The van der Waals surface area contributed by atoms with Gasteiger partial charge in [-0.3, -0.25) is 0 Å². The van der Waals surface area contributed by atoms with Crippen LogP contribution in [0.3, 0.4) is 0 Å². The SMILES string of the molecule is CC(C)N(C)S(=O)(=O)c1cccc(N)c1. The molecule has 0 saturated heterocycles. The molecule has 0 aliphatic heterocycles. The lowest BCUT2D eigenvalue weighted by molar-refractivity contribution is 0.410. The number of nitrogens with zero attached hydrogens (tertiary/aromatic N) is 1. The first-order chi connectivity index (χ1) is 6.85. The van der Waals surface area contributed by atoms with Crippen molar-refractivity contribution >= 4 is 15.7 Å². The molecule has 0 amide bonds. The molecule has 84 valence electrons. The summed E-state index contributed by atoms with van der Waals surface area (Å²) in [6.07, 6.45) is 0. The fraction of sp³-hybridized carbons (Fsp3) is 0.400. The number of anilines is 1. The third kappa shape index (κ3) is 2.49. The number of hydrogen-bond donors (Lipinski definition) is 1. The maximum absolute atomic E-state index is 12.0. The largest absolute Gasteiger partial charge is 0.399 e. The van der Waals surface area contributed by atoms with E-state index in [4.69, 9.17) is 5.73 Å². The number of rotatable bonds is 3. The Hall–Kier alpha value is -1.07. The lowest BCUT2D eigenvalue weighted by Gasteiger charge is -2.20. The molecule has 2 N–H and O–H groups in total. The molecule has 0 spiro atoms. The van der Waals surface area contributed by atoms with Gasteiger partial charge in [-0.1, -0.05) is 6.07 Å². The third-order valence-electron chi connectivity index (χ3n) is 2.26. The quantitative estimate of drug-likeness (QED) is 0.793. The summed E-state index contributed by atoms with van der Waals surface area (Å²) in [5.41, 5.74) is 6.00. The van der Waals surface area contributed by atoms with Crippen LogP contribution in [0.5, 0.6) is 0 Å². The van der Waals surface area contributed by atoms with Gasteiger partial charge in [0.15, 0.2) is 0 Å². The molecule has 0 fully saturated rings. The van der Waals surface area contributed by atoms with Crippen molar-refractivity contribution in [3.8, 4) is 0 Å². The second kappa shape index (κ2) is 4.20. The summed E-state index contributed by atoms with van der Waals surface area (Å²) >= 11 is 0. The molecule has 0 saturated carbocycles. The van der Waals surface area contributed by atoms with Crippen molar-refractivity contribution in [1.29, 1.82) is 0 Å². The van der Waals surface area contributed by atoms with Crippen LogP contribution in [0.25, 0.3) is 0 Å². The van der Waals surface area contributed by atoms with Crippen LogP contribution in [0.15, 0.2) is 29.2 Å². The van der Waals surface area contributed by atoms with Crippen molar-refractivity contribution in [3.63, 3.8) is 0 Å². The zero-order chi connectivity index (χ0) is 11.6. The van der Waals surface area contributed by atoms with Gasteiger partial charge < -0.3 is 5.73 Å². The Bertz CT molecular complexity index is 440. The standard InChI is InChI=1S/C10H16N2O2S/c1-8(2)12(3)15(13,14)10-6-4-5-9(11)7-10/h4-8H,11H2,1-3H3. The molecular weight excluding hydrogens is 212 g/mol. The predicted octanol–water partition coefficient (Wildman–Crippen LogP) is 1.30.